The molecular weight excluding hydrogens is 482 g/mol. The molecule has 2 nitrogen and oxygen atoms in total. The van der Waals surface area contributed by atoms with Gasteiger partial charge in [-0.05, 0) is 64.4 Å². The van der Waals surface area contributed by atoms with Crippen LogP contribution >= 0.6 is 0 Å². The molecule has 0 aliphatic heterocycles. The largest absolute Gasteiger partial charge is 0.481 e. The van der Waals surface area contributed by atoms with Gasteiger partial charge in [0, 0.05) is 0 Å². The highest BCUT2D eigenvalue weighted by molar-refractivity contribution is 5.82. The van der Waals surface area contributed by atoms with Crippen molar-refractivity contribution in [2.75, 3.05) is 0 Å². The number of carboxylic acid groups (broad SMARTS) is 1. The maximum atomic E-state index is 14.4. The molecule has 36 heavy (non-hydrogen) atoms. The van der Waals surface area contributed by atoms with Crippen LogP contribution in [0, 0.1) is 5.92 Å². The Morgan fingerprint density at radius 1 is 0.833 bits per heavy atom. The summed E-state index contributed by atoms with van der Waals surface area (Å²) < 4.78 is 81.6. The first-order valence-electron chi connectivity index (χ1n) is 11.2. The normalized spacial score (nSPS) is 13.4. The van der Waals surface area contributed by atoms with E-state index in [1.54, 1.807) is 44.2 Å². The fraction of sp³-hybridized carbons (Fsp3) is 0.250. The molecule has 0 spiro atoms. The first-order chi connectivity index (χ1) is 16.8. The van der Waals surface area contributed by atoms with Gasteiger partial charge in [0.1, 0.15) is 0 Å². The second kappa shape index (κ2) is 10.6. The molecule has 0 bridgehead atoms. The number of hydrogen-bond donors (Lipinski definition) is 1. The molecule has 0 radical (unpaired) electrons. The number of aliphatic carboxylic acids is 1. The average molecular weight is 506 g/mol. The zero-order valence-corrected chi connectivity index (χ0v) is 19.5. The van der Waals surface area contributed by atoms with Gasteiger partial charge in [0.25, 0.3) is 0 Å². The Hall–Kier alpha value is -3.55. The second-order valence-corrected chi connectivity index (χ2v) is 8.87. The van der Waals surface area contributed by atoms with E-state index in [1.807, 2.05) is 0 Å². The summed E-state index contributed by atoms with van der Waals surface area (Å²) in [6.07, 6.45) is -6.96. The molecule has 0 heterocycles. The number of rotatable bonds is 7. The standard InChI is InChI=1S/C28H24F6O2/c1-17(2)14-24(26(35)36)23-16-21(19-6-4-3-5-7-19)15-20(25(23)28(32,33)34)11-8-18-9-12-22(13-10-18)27(29,30)31/h3-13,15-17,24H,14H2,1-2H3,(H,35,36). The van der Waals surface area contributed by atoms with Gasteiger partial charge in [-0.25, -0.2) is 0 Å². The van der Waals surface area contributed by atoms with Gasteiger partial charge in [-0.1, -0.05) is 68.5 Å². The van der Waals surface area contributed by atoms with Gasteiger partial charge in [-0.3, -0.25) is 4.79 Å². The monoisotopic (exact) mass is 506 g/mol. The molecule has 190 valence electrons. The van der Waals surface area contributed by atoms with Gasteiger partial charge in [-0.2, -0.15) is 26.3 Å². The van der Waals surface area contributed by atoms with Crippen molar-refractivity contribution in [3.63, 3.8) is 0 Å². The third-order valence-corrected chi connectivity index (χ3v) is 5.66. The highest BCUT2D eigenvalue weighted by Gasteiger charge is 2.39. The number of alkyl halides is 6. The molecule has 0 aliphatic rings. The smallest absolute Gasteiger partial charge is 0.417 e. The Labute approximate surface area is 204 Å². The minimum absolute atomic E-state index is 0.00127. The van der Waals surface area contributed by atoms with Crippen LogP contribution in [-0.2, 0) is 17.1 Å². The number of carboxylic acids is 1. The molecule has 0 aromatic heterocycles. The first kappa shape index (κ1) is 27.0. The van der Waals surface area contributed by atoms with E-state index in [4.69, 9.17) is 0 Å². The summed E-state index contributed by atoms with van der Waals surface area (Å²) >= 11 is 0. The molecule has 3 aromatic rings. The quantitative estimate of drug-likeness (QED) is 0.257. The third-order valence-electron chi connectivity index (χ3n) is 5.66. The van der Waals surface area contributed by atoms with Crippen LogP contribution in [0.2, 0.25) is 0 Å². The lowest BCUT2D eigenvalue weighted by atomic mass is 9.83. The molecule has 8 heteroatoms. The summed E-state index contributed by atoms with van der Waals surface area (Å²) in [5, 5.41) is 9.84. The van der Waals surface area contributed by atoms with Crippen molar-refractivity contribution in [3.05, 3.63) is 94.5 Å². The van der Waals surface area contributed by atoms with Gasteiger partial charge in [-0.15, -0.1) is 0 Å². The second-order valence-electron chi connectivity index (χ2n) is 8.87. The van der Waals surface area contributed by atoms with Crippen molar-refractivity contribution in [2.24, 2.45) is 5.92 Å². The predicted octanol–water partition coefficient (Wildman–Crippen LogP) is 8.78. The van der Waals surface area contributed by atoms with Gasteiger partial charge in [0.15, 0.2) is 0 Å². The summed E-state index contributed by atoms with van der Waals surface area (Å²) in [5.41, 5.74) is -1.29. The summed E-state index contributed by atoms with van der Waals surface area (Å²) in [6.45, 7) is 3.46. The number of halogens is 6. The van der Waals surface area contributed by atoms with Crippen LogP contribution in [0.4, 0.5) is 26.3 Å². The highest BCUT2D eigenvalue weighted by Crippen LogP contribution is 2.42. The van der Waals surface area contributed by atoms with Crippen molar-refractivity contribution in [2.45, 2.75) is 38.5 Å². The Bertz CT molecular complexity index is 1220. The fourth-order valence-corrected chi connectivity index (χ4v) is 4.02. The van der Waals surface area contributed by atoms with Crippen LogP contribution in [-0.4, -0.2) is 11.1 Å². The van der Waals surface area contributed by atoms with E-state index >= 15 is 0 Å². The maximum absolute atomic E-state index is 14.4. The van der Waals surface area contributed by atoms with E-state index in [0.717, 1.165) is 30.3 Å². The molecule has 1 atom stereocenters. The molecule has 3 rings (SSSR count). The molecular formula is C28H24F6O2. The molecule has 0 aliphatic carbocycles. The molecule has 1 N–H and O–H groups in total. The number of benzene rings is 3. The van der Waals surface area contributed by atoms with Crippen LogP contribution < -0.4 is 0 Å². The van der Waals surface area contributed by atoms with E-state index < -0.39 is 35.4 Å². The average Bonchev–Trinajstić information content (AvgIpc) is 2.80. The molecule has 0 amide bonds. The van der Waals surface area contributed by atoms with Crippen LogP contribution in [0.5, 0.6) is 0 Å². The van der Waals surface area contributed by atoms with Gasteiger partial charge in [0.05, 0.1) is 17.0 Å². The number of hydrogen-bond acceptors (Lipinski definition) is 1. The minimum atomic E-state index is -4.87. The molecule has 3 aromatic carbocycles. The summed E-state index contributed by atoms with van der Waals surface area (Å²) in [5.74, 6) is -2.95. The van der Waals surface area contributed by atoms with Crippen LogP contribution in [0.25, 0.3) is 23.3 Å². The lowest BCUT2D eigenvalue weighted by Crippen LogP contribution is -2.20. The van der Waals surface area contributed by atoms with Crippen LogP contribution in [0.1, 0.15) is 54.0 Å². The van der Waals surface area contributed by atoms with E-state index in [9.17, 15) is 36.2 Å². The van der Waals surface area contributed by atoms with E-state index in [1.165, 1.54) is 18.2 Å². The van der Waals surface area contributed by atoms with Crippen molar-refractivity contribution in [1.29, 1.82) is 0 Å². The summed E-state index contributed by atoms with van der Waals surface area (Å²) in [7, 11) is 0. The van der Waals surface area contributed by atoms with Gasteiger partial charge in [0.2, 0.25) is 0 Å². The van der Waals surface area contributed by atoms with E-state index in [-0.39, 0.29) is 29.0 Å². The van der Waals surface area contributed by atoms with Crippen LogP contribution in [0.15, 0.2) is 66.7 Å². The highest BCUT2D eigenvalue weighted by atomic mass is 19.4. The first-order valence-corrected chi connectivity index (χ1v) is 11.2. The minimum Gasteiger partial charge on any atom is -0.481 e. The van der Waals surface area contributed by atoms with Gasteiger partial charge < -0.3 is 5.11 Å². The van der Waals surface area contributed by atoms with Gasteiger partial charge >= 0.3 is 18.3 Å². The maximum Gasteiger partial charge on any atom is 0.417 e. The molecule has 0 saturated carbocycles. The van der Waals surface area contributed by atoms with Crippen molar-refractivity contribution < 1.29 is 36.2 Å². The zero-order chi connectivity index (χ0) is 26.7. The topological polar surface area (TPSA) is 37.3 Å². The third kappa shape index (κ3) is 6.56. The SMILES string of the molecule is CC(C)CC(C(=O)O)c1cc(-c2ccccc2)cc(C=Cc2ccc(C(F)(F)F)cc2)c1C(F)(F)F. The molecule has 0 fully saturated rings. The Morgan fingerprint density at radius 2 is 1.44 bits per heavy atom. The molecule has 0 saturated heterocycles. The molecule has 1 unspecified atom stereocenters. The van der Waals surface area contributed by atoms with Crippen molar-refractivity contribution >= 4 is 18.1 Å². The summed E-state index contributed by atoms with van der Waals surface area (Å²) in [6, 6.07) is 15.2. The summed E-state index contributed by atoms with van der Waals surface area (Å²) in [4.78, 5) is 12.1. The lowest BCUT2D eigenvalue weighted by Gasteiger charge is -2.23. The lowest BCUT2D eigenvalue weighted by molar-refractivity contribution is -0.142. The zero-order valence-electron chi connectivity index (χ0n) is 19.5. The van der Waals surface area contributed by atoms with Crippen LogP contribution in [0.3, 0.4) is 0 Å². The van der Waals surface area contributed by atoms with Crippen molar-refractivity contribution in [1.82, 2.24) is 0 Å². The van der Waals surface area contributed by atoms with E-state index in [0.29, 0.717) is 11.1 Å². The predicted molar refractivity (Wildman–Crippen MR) is 127 cm³/mol. The Kier molecular flexibility index (Phi) is 7.96. The fourth-order valence-electron chi connectivity index (χ4n) is 4.02. The van der Waals surface area contributed by atoms with E-state index in [2.05, 4.69) is 0 Å². The van der Waals surface area contributed by atoms with Crippen molar-refractivity contribution in [3.8, 4) is 11.1 Å². The Balaban J connectivity index is 2.23. The Morgan fingerprint density at radius 3 is 1.94 bits per heavy atom. The number of carbonyl (C=O) groups is 1.